The maximum Gasteiger partial charge on any atom is 0.336 e. The van der Waals surface area contributed by atoms with Crippen LogP contribution >= 0.6 is 0 Å². The maximum atomic E-state index is 11.5. The number of methoxy groups -OCH3 is 1. The lowest BCUT2D eigenvalue weighted by Gasteiger charge is -2.57. The van der Waals surface area contributed by atoms with Crippen LogP contribution in [0.4, 0.5) is 0 Å². The van der Waals surface area contributed by atoms with Crippen LogP contribution in [0.15, 0.2) is 48.5 Å². The van der Waals surface area contributed by atoms with Crippen LogP contribution in [-0.4, -0.2) is 36.4 Å². The number of carboxylic acids is 1. The molecule has 2 N–H and O–H groups in total. The third kappa shape index (κ3) is 4.95. The summed E-state index contributed by atoms with van der Waals surface area (Å²) in [4.78, 5) is 11.5. The molecule has 192 valence electrons. The molecule has 4 aliphatic rings. The summed E-state index contributed by atoms with van der Waals surface area (Å²) in [6.45, 7) is 1.53. The van der Waals surface area contributed by atoms with Gasteiger partial charge in [-0.2, -0.15) is 0 Å². The molecular weight excluding hydrogens is 456 g/mol. The van der Waals surface area contributed by atoms with E-state index >= 15 is 0 Å². The highest BCUT2D eigenvalue weighted by atomic mass is 16.8. The van der Waals surface area contributed by atoms with Crippen molar-refractivity contribution in [1.29, 1.82) is 0 Å². The summed E-state index contributed by atoms with van der Waals surface area (Å²) in [5.74, 6) is 2.07. The van der Waals surface area contributed by atoms with Gasteiger partial charge >= 0.3 is 12.4 Å². The molecule has 6 nitrogen and oxygen atoms in total. The normalized spacial score (nSPS) is 28.4. The number of hydrogen-bond acceptors (Lipinski definition) is 5. The molecule has 0 aromatic heterocycles. The van der Waals surface area contributed by atoms with E-state index in [9.17, 15) is 15.0 Å². The SMILES string of the molecule is CCOC(OC)Oc1cc(C(O)C=Cc2ccccc2C(=O)O)ccc1C12CC3CC(CC(C3)C1)C2. The van der Waals surface area contributed by atoms with E-state index in [0.29, 0.717) is 23.5 Å². The molecule has 0 aliphatic heterocycles. The molecule has 0 amide bonds. The monoisotopic (exact) mass is 492 g/mol. The van der Waals surface area contributed by atoms with Gasteiger partial charge in [0.2, 0.25) is 0 Å². The van der Waals surface area contributed by atoms with Crippen molar-refractivity contribution in [3.63, 3.8) is 0 Å². The third-order valence-electron chi connectivity index (χ3n) is 8.32. The smallest absolute Gasteiger partial charge is 0.336 e. The second kappa shape index (κ2) is 10.4. The molecule has 36 heavy (non-hydrogen) atoms. The zero-order valence-corrected chi connectivity index (χ0v) is 21.1. The van der Waals surface area contributed by atoms with Gasteiger partial charge in [-0.15, -0.1) is 0 Å². The molecule has 0 heterocycles. The Morgan fingerprint density at radius 2 is 1.75 bits per heavy atom. The summed E-state index contributed by atoms with van der Waals surface area (Å²) in [5, 5.41) is 20.4. The Hall–Kier alpha value is -2.67. The number of aliphatic hydroxyl groups excluding tert-OH is 1. The Morgan fingerprint density at radius 1 is 1.08 bits per heavy atom. The Kier molecular flexibility index (Phi) is 7.20. The van der Waals surface area contributed by atoms with Gasteiger partial charge in [0.05, 0.1) is 18.3 Å². The zero-order chi connectivity index (χ0) is 25.3. The molecule has 0 saturated heterocycles. The Labute approximate surface area is 212 Å². The van der Waals surface area contributed by atoms with Gasteiger partial charge in [-0.05, 0) is 91.9 Å². The average Bonchev–Trinajstić information content (AvgIpc) is 2.86. The number of aromatic carboxylic acids is 1. The van der Waals surface area contributed by atoms with Crippen LogP contribution in [0.25, 0.3) is 6.08 Å². The molecule has 0 radical (unpaired) electrons. The van der Waals surface area contributed by atoms with Crippen LogP contribution in [0.3, 0.4) is 0 Å². The van der Waals surface area contributed by atoms with Crippen molar-refractivity contribution in [3.8, 4) is 5.75 Å². The molecule has 2 aromatic rings. The molecule has 4 bridgehead atoms. The van der Waals surface area contributed by atoms with Crippen molar-refractivity contribution in [2.45, 2.75) is 63.4 Å². The van der Waals surface area contributed by atoms with Gasteiger partial charge in [-0.3, -0.25) is 0 Å². The standard InChI is InChI=1S/C30H36O6/c1-3-35-29(34-2)36-27-15-23(26(31)11-9-22-6-4-5-7-24(22)28(32)33)8-10-25(27)30-16-19-12-20(17-30)14-21(13-19)18-30/h4-11,15,19-21,26,29,31H,3,12-14,16-18H2,1-2H3,(H,32,33). The van der Waals surface area contributed by atoms with Crippen molar-refractivity contribution in [2.75, 3.05) is 13.7 Å². The molecule has 2 atom stereocenters. The number of carbonyl (C=O) groups is 1. The van der Waals surface area contributed by atoms with Crippen LogP contribution in [0, 0.1) is 17.8 Å². The Bertz CT molecular complexity index is 1090. The van der Waals surface area contributed by atoms with E-state index in [2.05, 4.69) is 6.07 Å². The second-order valence-corrected chi connectivity index (χ2v) is 10.7. The number of aliphatic hydroxyl groups is 1. The van der Waals surface area contributed by atoms with E-state index in [1.807, 2.05) is 19.1 Å². The predicted molar refractivity (Wildman–Crippen MR) is 137 cm³/mol. The molecule has 4 saturated carbocycles. The van der Waals surface area contributed by atoms with E-state index in [4.69, 9.17) is 14.2 Å². The van der Waals surface area contributed by atoms with Crippen LogP contribution < -0.4 is 4.74 Å². The molecule has 0 spiro atoms. The first-order valence-electron chi connectivity index (χ1n) is 13.0. The summed E-state index contributed by atoms with van der Waals surface area (Å²) in [6, 6.07) is 12.7. The molecule has 6 heteroatoms. The lowest BCUT2D eigenvalue weighted by atomic mass is 9.48. The molecule has 2 unspecified atom stereocenters. The quantitative estimate of drug-likeness (QED) is 0.399. The first-order chi connectivity index (χ1) is 17.4. The highest BCUT2D eigenvalue weighted by Gasteiger charge is 2.52. The minimum Gasteiger partial charge on any atom is -0.478 e. The molecule has 2 aromatic carbocycles. The first kappa shape index (κ1) is 25.0. The minimum atomic E-state index is -0.998. The summed E-state index contributed by atoms with van der Waals surface area (Å²) < 4.78 is 17.3. The predicted octanol–water partition coefficient (Wildman–Crippen LogP) is 5.94. The number of ether oxygens (including phenoxy) is 3. The summed E-state index contributed by atoms with van der Waals surface area (Å²) in [7, 11) is 1.56. The van der Waals surface area contributed by atoms with Crippen LogP contribution in [-0.2, 0) is 14.9 Å². The second-order valence-electron chi connectivity index (χ2n) is 10.7. The van der Waals surface area contributed by atoms with E-state index in [1.165, 1.54) is 44.1 Å². The van der Waals surface area contributed by atoms with Gasteiger partial charge in [0, 0.05) is 12.7 Å². The van der Waals surface area contributed by atoms with E-state index in [0.717, 1.165) is 17.8 Å². The lowest BCUT2D eigenvalue weighted by Crippen LogP contribution is -2.48. The van der Waals surface area contributed by atoms with Gasteiger partial charge < -0.3 is 24.4 Å². The van der Waals surface area contributed by atoms with Crippen LogP contribution in [0.5, 0.6) is 5.75 Å². The summed E-state index contributed by atoms with van der Waals surface area (Å²) in [5.41, 5.74) is 2.71. The van der Waals surface area contributed by atoms with Crippen molar-refractivity contribution in [2.24, 2.45) is 17.8 Å². The van der Waals surface area contributed by atoms with Gasteiger partial charge in [0.15, 0.2) is 0 Å². The maximum absolute atomic E-state index is 11.5. The van der Waals surface area contributed by atoms with Crippen molar-refractivity contribution in [3.05, 3.63) is 70.8 Å². The largest absolute Gasteiger partial charge is 0.478 e. The fourth-order valence-electron chi connectivity index (χ4n) is 7.23. The Morgan fingerprint density at radius 3 is 2.36 bits per heavy atom. The average molecular weight is 493 g/mol. The zero-order valence-electron chi connectivity index (χ0n) is 21.1. The first-order valence-corrected chi connectivity index (χ1v) is 13.0. The molecular formula is C30H36O6. The highest BCUT2D eigenvalue weighted by Crippen LogP contribution is 2.62. The fraction of sp³-hybridized carbons (Fsp3) is 0.500. The van der Waals surface area contributed by atoms with E-state index in [1.54, 1.807) is 43.5 Å². The number of carboxylic acid groups (broad SMARTS) is 1. The molecule has 6 rings (SSSR count). The van der Waals surface area contributed by atoms with Gasteiger partial charge in [-0.1, -0.05) is 42.5 Å². The van der Waals surface area contributed by atoms with Crippen molar-refractivity contribution < 1.29 is 29.2 Å². The summed E-state index contributed by atoms with van der Waals surface area (Å²) in [6.07, 6.45) is 9.98. The van der Waals surface area contributed by atoms with Gasteiger partial charge in [0.25, 0.3) is 0 Å². The highest BCUT2D eigenvalue weighted by molar-refractivity contribution is 5.92. The molecule has 4 fully saturated rings. The van der Waals surface area contributed by atoms with E-state index < -0.39 is 18.5 Å². The topological polar surface area (TPSA) is 85.2 Å². The number of hydrogen-bond donors (Lipinski definition) is 2. The van der Waals surface area contributed by atoms with Gasteiger partial charge in [0.1, 0.15) is 5.75 Å². The fourth-order valence-corrected chi connectivity index (χ4v) is 7.23. The lowest BCUT2D eigenvalue weighted by molar-refractivity contribution is -0.231. The third-order valence-corrected chi connectivity index (χ3v) is 8.32. The van der Waals surface area contributed by atoms with E-state index in [-0.39, 0.29) is 11.0 Å². The molecule has 4 aliphatic carbocycles. The number of rotatable bonds is 10. The van der Waals surface area contributed by atoms with Crippen molar-refractivity contribution >= 4 is 12.0 Å². The number of benzene rings is 2. The Balaban J connectivity index is 1.47. The van der Waals surface area contributed by atoms with Crippen LogP contribution in [0.2, 0.25) is 0 Å². The van der Waals surface area contributed by atoms with Crippen molar-refractivity contribution in [1.82, 2.24) is 0 Å². The van der Waals surface area contributed by atoms with Gasteiger partial charge in [-0.25, -0.2) is 4.79 Å². The minimum absolute atomic E-state index is 0.105. The summed E-state index contributed by atoms with van der Waals surface area (Å²) >= 11 is 0. The van der Waals surface area contributed by atoms with Crippen LogP contribution in [0.1, 0.15) is 78.6 Å².